The first-order chi connectivity index (χ1) is 6.13. The van der Waals surface area contributed by atoms with Gasteiger partial charge in [0.25, 0.3) is 0 Å². The van der Waals surface area contributed by atoms with Gasteiger partial charge in [0.1, 0.15) is 11.4 Å². The minimum absolute atomic E-state index is 0.402. The number of aromatic nitrogens is 2. The smallest absolute Gasteiger partial charge is 0.111 e. The third-order valence-electron chi connectivity index (χ3n) is 1.63. The maximum Gasteiger partial charge on any atom is 0.111 e. The van der Waals surface area contributed by atoms with E-state index in [2.05, 4.69) is 42.6 Å². The Kier molecular flexibility index (Phi) is 5.35. The Hall–Kier alpha value is -0.860. The van der Waals surface area contributed by atoms with Crippen LogP contribution in [0.3, 0.4) is 0 Å². The Labute approximate surface area is 80.5 Å². The highest BCUT2D eigenvalue weighted by molar-refractivity contribution is 5.14. The topological polar surface area (TPSA) is 38.9 Å². The SMILES string of the molecule is CC.CC(C)c1nonc1C(C)C. The normalized spacial score (nSPS) is 10.2. The van der Waals surface area contributed by atoms with E-state index in [4.69, 9.17) is 0 Å². The maximum atomic E-state index is 4.67. The Bertz CT molecular complexity index is 206. The van der Waals surface area contributed by atoms with E-state index >= 15 is 0 Å². The highest BCUT2D eigenvalue weighted by Gasteiger charge is 2.15. The van der Waals surface area contributed by atoms with E-state index in [9.17, 15) is 0 Å². The molecule has 0 radical (unpaired) electrons. The lowest BCUT2D eigenvalue weighted by Gasteiger charge is -2.03. The van der Waals surface area contributed by atoms with Crippen molar-refractivity contribution < 1.29 is 4.63 Å². The summed E-state index contributed by atoms with van der Waals surface area (Å²) >= 11 is 0. The Balaban J connectivity index is 0.000000671. The summed E-state index contributed by atoms with van der Waals surface area (Å²) in [5.74, 6) is 0.803. The largest absolute Gasteiger partial charge is 0.244 e. The van der Waals surface area contributed by atoms with Gasteiger partial charge in [-0.3, -0.25) is 0 Å². The van der Waals surface area contributed by atoms with Gasteiger partial charge in [-0.1, -0.05) is 51.9 Å². The van der Waals surface area contributed by atoms with Crippen molar-refractivity contribution in [2.75, 3.05) is 0 Å². The summed E-state index contributed by atoms with van der Waals surface area (Å²) in [7, 11) is 0. The molecule has 3 heteroatoms. The molecule has 0 aliphatic carbocycles. The van der Waals surface area contributed by atoms with Crippen LogP contribution in [0.4, 0.5) is 0 Å². The summed E-state index contributed by atoms with van der Waals surface area (Å²) in [6.45, 7) is 12.4. The van der Waals surface area contributed by atoms with E-state index in [-0.39, 0.29) is 0 Å². The zero-order valence-electron chi connectivity index (χ0n) is 9.46. The number of rotatable bonds is 2. The lowest BCUT2D eigenvalue weighted by Crippen LogP contribution is -1.96. The monoisotopic (exact) mass is 184 g/mol. The van der Waals surface area contributed by atoms with Gasteiger partial charge in [-0.25, -0.2) is 4.63 Å². The predicted octanol–water partition coefficient (Wildman–Crippen LogP) is 3.34. The van der Waals surface area contributed by atoms with Gasteiger partial charge in [0.2, 0.25) is 0 Å². The van der Waals surface area contributed by atoms with Gasteiger partial charge in [0.15, 0.2) is 0 Å². The molecule has 13 heavy (non-hydrogen) atoms. The summed E-state index contributed by atoms with van der Waals surface area (Å²) in [5, 5.41) is 7.70. The quantitative estimate of drug-likeness (QED) is 0.707. The molecule has 0 spiro atoms. The van der Waals surface area contributed by atoms with Crippen molar-refractivity contribution in [2.24, 2.45) is 0 Å². The van der Waals surface area contributed by atoms with Gasteiger partial charge in [0, 0.05) is 11.8 Å². The fraction of sp³-hybridized carbons (Fsp3) is 0.800. The van der Waals surface area contributed by atoms with Crippen molar-refractivity contribution in [2.45, 2.75) is 53.4 Å². The van der Waals surface area contributed by atoms with Crippen LogP contribution in [0.2, 0.25) is 0 Å². The molecule has 3 nitrogen and oxygen atoms in total. The fourth-order valence-electron chi connectivity index (χ4n) is 1.00. The molecular weight excluding hydrogens is 164 g/mol. The van der Waals surface area contributed by atoms with Crippen molar-refractivity contribution in [3.8, 4) is 0 Å². The molecule has 0 amide bonds. The van der Waals surface area contributed by atoms with Gasteiger partial charge < -0.3 is 0 Å². The van der Waals surface area contributed by atoms with Crippen LogP contribution in [0, 0.1) is 0 Å². The molecule has 0 aliphatic heterocycles. The molecule has 76 valence electrons. The zero-order chi connectivity index (χ0) is 10.4. The van der Waals surface area contributed by atoms with Crippen LogP contribution in [0.25, 0.3) is 0 Å². The maximum absolute atomic E-state index is 4.67. The molecule has 0 saturated carbocycles. The first-order valence-corrected chi connectivity index (χ1v) is 4.95. The van der Waals surface area contributed by atoms with Crippen LogP contribution in [-0.4, -0.2) is 10.3 Å². The van der Waals surface area contributed by atoms with E-state index in [1.165, 1.54) is 0 Å². The molecule has 0 unspecified atom stereocenters. The molecule has 1 aromatic heterocycles. The summed E-state index contributed by atoms with van der Waals surface area (Å²) < 4.78 is 4.67. The van der Waals surface area contributed by atoms with Crippen LogP contribution in [0.5, 0.6) is 0 Å². The predicted molar refractivity (Wildman–Crippen MR) is 53.8 cm³/mol. The third-order valence-corrected chi connectivity index (χ3v) is 1.63. The summed E-state index contributed by atoms with van der Waals surface area (Å²) in [6, 6.07) is 0. The Morgan fingerprint density at radius 3 is 1.38 bits per heavy atom. The Morgan fingerprint density at radius 1 is 0.846 bits per heavy atom. The van der Waals surface area contributed by atoms with Crippen LogP contribution >= 0.6 is 0 Å². The average Bonchev–Trinajstić information content (AvgIpc) is 2.55. The molecule has 1 rings (SSSR count). The minimum Gasteiger partial charge on any atom is -0.244 e. The number of hydrogen-bond donors (Lipinski definition) is 0. The summed E-state index contributed by atoms with van der Waals surface area (Å²) in [6.07, 6.45) is 0. The van der Waals surface area contributed by atoms with Gasteiger partial charge in [-0.15, -0.1) is 0 Å². The van der Waals surface area contributed by atoms with Gasteiger partial charge in [-0.2, -0.15) is 0 Å². The van der Waals surface area contributed by atoms with E-state index in [1.807, 2.05) is 13.8 Å². The third kappa shape index (κ3) is 3.17. The first-order valence-electron chi connectivity index (χ1n) is 4.95. The molecule has 0 N–H and O–H groups in total. The standard InChI is InChI=1S/C8H14N2O.C2H6/c1-5(2)7-8(6(3)4)10-11-9-7;1-2/h5-6H,1-4H3;1-2H3. The van der Waals surface area contributed by atoms with Crippen molar-refractivity contribution in [1.29, 1.82) is 0 Å². The van der Waals surface area contributed by atoms with Crippen LogP contribution in [0.15, 0.2) is 4.63 Å². The molecule has 1 aromatic rings. The van der Waals surface area contributed by atoms with Crippen LogP contribution < -0.4 is 0 Å². The lowest BCUT2D eigenvalue weighted by molar-refractivity contribution is 0.298. The average molecular weight is 184 g/mol. The summed E-state index contributed by atoms with van der Waals surface area (Å²) in [4.78, 5) is 0. The van der Waals surface area contributed by atoms with Crippen molar-refractivity contribution in [3.05, 3.63) is 11.4 Å². The number of nitrogens with zero attached hydrogens (tertiary/aromatic N) is 2. The van der Waals surface area contributed by atoms with Crippen molar-refractivity contribution >= 4 is 0 Å². The van der Waals surface area contributed by atoms with E-state index < -0.39 is 0 Å². The zero-order valence-corrected chi connectivity index (χ0v) is 9.46. The summed E-state index contributed by atoms with van der Waals surface area (Å²) in [5.41, 5.74) is 1.97. The molecule has 0 aromatic carbocycles. The van der Waals surface area contributed by atoms with E-state index in [0.29, 0.717) is 11.8 Å². The molecule has 1 heterocycles. The van der Waals surface area contributed by atoms with Crippen molar-refractivity contribution in [1.82, 2.24) is 10.3 Å². The second-order valence-corrected chi connectivity index (χ2v) is 3.34. The van der Waals surface area contributed by atoms with Crippen molar-refractivity contribution in [3.63, 3.8) is 0 Å². The number of hydrogen-bond acceptors (Lipinski definition) is 3. The fourth-order valence-corrected chi connectivity index (χ4v) is 1.00. The van der Waals surface area contributed by atoms with E-state index in [0.717, 1.165) is 11.4 Å². The van der Waals surface area contributed by atoms with E-state index in [1.54, 1.807) is 0 Å². The molecule has 0 fully saturated rings. The molecule has 0 aliphatic rings. The minimum atomic E-state index is 0.402. The molecule has 0 bridgehead atoms. The van der Waals surface area contributed by atoms with Crippen LogP contribution in [0.1, 0.15) is 64.8 Å². The van der Waals surface area contributed by atoms with Gasteiger partial charge >= 0.3 is 0 Å². The van der Waals surface area contributed by atoms with Gasteiger partial charge in [0.05, 0.1) is 0 Å². The van der Waals surface area contributed by atoms with Crippen LogP contribution in [-0.2, 0) is 0 Å². The highest BCUT2D eigenvalue weighted by atomic mass is 16.6. The second-order valence-electron chi connectivity index (χ2n) is 3.34. The highest BCUT2D eigenvalue weighted by Crippen LogP contribution is 2.21. The lowest BCUT2D eigenvalue weighted by atomic mass is 10.0. The van der Waals surface area contributed by atoms with Gasteiger partial charge in [-0.05, 0) is 0 Å². The molecule has 0 saturated heterocycles. The molecular formula is C10H20N2O. The first kappa shape index (κ1) is 12.1. The Morgan fingerprint density at radius 2 is 1.15 bits per heavy atom. The molecule has 0 atom stereocenters. The second kappa shape index (κ2) is 5.73.